The Hall–Kier alpha value is -1.20. The van der Waals surface area contributed by atoms with Gasteiger partial charge in [-0.1, -0.05) is 25.4 Å². The highest BCUT2D eigenvalue weighted by atomic mass is 35.5. The lowest BCUT2D eigenvalue weighted by atomic mass is 9.64. The average Bonchev–Trinajstić information content (AvgIpc) is 2.40. The first-order valence-electron chi connectivity index (χ1n) is 6.59. The lowest BCUT2D eigenvalue weighted by Gasteiger charge is -2.51. The fourth-order valence-electron chi connectivity index (χ4n) is 2.43. The molecular formula is C14H18ClFN2O2. The summed E-state index contributed by atoms with van der Waals surface area (Å²) < 4.78 is 18.7. The normalized spacial score (nSPS) is 24.1. The molecule has 0 saturated heterocycles. The summed E-state index contributed by atoms with van der Waals surface area (Å²) in [6.07, 6.45) is 1.85. The molecule has 2 atom stereocenters. The molecular weight excluding hydrogens is 283 g/mol. The summed E-state index contributed by atoms with van der Waals surface area (Å²) in [6.45, 7) is 6.66. The maximum absolute atomic E-state index is 13.1. The summed E-state index contributed by atoms with van der Waals surface area (Å²) in [7, 11) is 0. The SMILES string of the molecule is CCOC1CC(NC(=O)c2cc(F)cnc2Cl)C1(C)C. The Bertz CT molecular complexity index is 522. The van der Waals surface area contributed by atoms with E-state index in [0.717, 1.165) is 18.7 Å². The largest absolute Gasteiger partial charge is 0.378 e. The first-order valence-corrected chi connectivity index (χ1v) is 6.97. The van der Waals surface area contributed by atoms with Crippen LogP contribution in [0.5, 0.6) is 0 Å². The number of hydrogen-bond acceptors (Lipinski definition) is 3. The second kappa shape index (κ2) is 5.66. The maximum atomic E-state index is 13.1. The number of carbonyl (C=O) groups is 1. The number of aromatic nitrogens is 1. The molecule has 2 unspecified atom stereocenters. The highest BCUT2D eigenvalue weighted by Crippen LogP contribution is 2.42. The number of hydrogen-bond donors (Lipinski definition) is 1. The molecule has 1 aliphatic rings. The van der Waals surface area contributed by atoms with Crippen molar-refractivity contribution in [3.8, 4) is 0 Å². The summed E-state index contributed by atoms with van der Waals surface area (Å²) >= 11 is 5.82. The van der Waals surface area contributed by atoms with Crippen molar-refractivity contribution >= 4 is 17.5 Å². The topological polar surface area (TPSA) is 51.2 Å². The average molecular weight is 301 g/mol. The molecule has 1 heterocycles. The van der Waals surface area contributed by atoms with Gasteiger partial charge >= 0.3 is 0 Å². The Balaban J connectivity index is 2.05. The third kappa shape index (κ3) is 2.79. The number of halogens is 2. The van der Waals surface area contributed by atoms with Gasteiger partial charge in [-0.2, -0.15) is 0 Å². The standard InChI is InChI=1S/C14H18ClFN2O2/c1-4-20-11-6-10(14(11,2)3)18-13(19)9-5-8(16)7-17-12(9)15/h5,7,10-11H,4,6H2,1-3H3,(H,18,19). The Morgan fingerprint density at radius 2 is 2.35 bits per heavy atom. The van der Waals surface area contributed by atoms with Crippen LogP contribution in [0.25, 0.3) is 0 Å². The molecule has 0 aromatic carbocycles. The Morgan fingerprint density at radius 1 is 1.65 bits per heavy atom. The number of ether oxygens (including phenoxy) is 1. The van der Waals surface area contributed by atoms with Gasteiger partial charge in [-0.25, -0.2) is 9.37 Å². The fourth-order valence-corrected chi connectivity index (χ4v) is 2.62. The summed E-state index contributed by atoms with van der Waals surface area (Å²) in [5.74, 6) is -0.991. The minimum absolute atomic E-state index is 0.00221. The smallest absolute Gasteiger partial charge is 0.254 e. The number of pyridine rings is 1. The monoisotopic (exact) mass is 300 g/mol. The van der Waals surface area contributed by atoms with E-state index in [1.54, 1.807) is 0 Å². The second-order valence-electron chi connectivity index (χ2n) is 5.52. The van der Waals surface area contributed by atoms with Crippen molar-refractivity contribution in [2.24, 2.45) is 5.41 Å². The lowest BCUT2D eigenvalue weighted by Crippen LogP contribution is -2.62. The molecule has 1 amide bonds. The highest BCUT2D eigenvalue weighted by molar-refractivity contribution is 6.32. The molecule has 20 heavy (non-hydrogen) atoms. The van der Waals surface area contributed by atoms with Crippen LogP contribution in [0.2, 0.25) is 5.15 Å². The molecule has 1 N–H and O–H groups in total. The first-order chi connectivity index (χ1) is 9.36. The Morgan fingerprint density at radius 3 is 2.95 bits per heavy atom. The molecule has 0 radical (unpaired) electrons. The van der Waals surface area contributed by atoms with Crippen LogP contribution in [0.15, 0.2) is 12.3 Å². The van der Waals surface area contributed by atoms with Gasteiger partial charge in [0.25, 0.3) is 5.91 Å². The molecule has 6 heteroatoms. The molecule has 1 saturated carbocycles. The zero-order chi connectivity index (χ0) is 14.9. The van der Waals surface area contributed by atoms with Crippen LogP contribution in [0.1, 0.15) is 37.6 Å². The van der Waals surface area contributed by atoms with Crippen molar-refractivity contribution in [2.75, 3.05) is 6.61 Å². The number of nitrogens with one attached hydrogen (secondary N) is 1. The summed E-state index contributed by atoms with van der Waals surface area (Å²) in [5, 5.41) is 2.87. The summed E-state index contributed by atoms with van der Waals surface area (Å²) in [5.41, 5.74) is -0.0962. The van der Waals surface area contributed by atoms with Gasteiger partial charge < -0.3 is 10.1 Å². The van der Waals surface area contributed by atoms with Gasteiger partial charge in [0.05, 0.1) is 17.9 Å². The molecule has 2 rings (SSSR count). The van der Waals surface area contributed by atoms with E-state index >= 15 is 0 Å². The maximum Gasteiger partial charge on any atom is 0.254 e. The first kappa shape index (κ1) is 15.2. The number of amides is 1. The zero-order valence-corrected chi connectivity index (χ0v) is 12.5. The van der Waals surface area contributed by atoms with E-state index < -0.39 is 11.7 Å². The van der Waals surface area contributed by atoms with Crippen LogP contribution < -0.4 is 5.32 Å². The molecule has 4 nitrogen and oxygen atoms in total. The molecule has 1 fully saturated rings. The molecule has 0 spiro atoms. The highest BCUT2D eigenvalue weighted by Gasteiger charge is 2.49. The van der Waals surface area contributed by atoms with Crippen LogP contribution >= 0.6 is 11.6 Å². The van der Waals surface area contributed by atoms with Gasteiger partial charge in [-0.15, -0.1) is 0 Å². The van der Waals surface area contributed by atoms with Gasteiger partial charge in [0.15, 0.2) is 0 Å². The fraction of sp³-hybridized carbons (Fsp3) is 0.571. The van der Waals surface area contributed by atoms with E-state index in [0.29, 0.717) is 6.61 Å². The van der Waals surface area contributed by atoms with Crippen molar-refractivity contribution in [1.29, 1.82) is 0 Å². The third-order valence-corrected chi connectivity index (χ3v) is 4.20. The van der Waals surface area contributed by atoms with E-state index in [9.17, 15) is 9.18 Å². The van der Waals surface area contributed by atoms with Gasteiger partial charge in [-0.3, -0.25) is 4.79 Å². The summed E-state index contributed by atoms with van der Waals surface area (Å²) in [4.78, 5) is 15.8. The van der Waals surface area contributed by atoms with Crippen LogP contribution in [-0.2, 0) is 4.74 Å². The minimum Gasteiger partial charge on any atom is -0.378 e. The lowest BCUT2D eigenvalue weighted by molar-refractivity contribution is -0.111. The molecule has 0 aliphatic heterocycles. The molecule has 1 aliphatic carbocycles. The molecule has 110 valence electrons. The van der Waals surface area contributed by atoms with Gasteiger partial charge in [0, 0.05) is 18.1 Å². The van der Waals surface area contributed by atoms with Crippen molar-refractivity contribution in [3.63, 3.8) is 0 Å². The quantitative estimate of drug-likeness (QED) is 0.870. The number of carbonyl (C=O) groups excluding carboxylic acids is 1. The predicted molar refractivity (Wildman–Crippen MR) is 74.3 cm³/mol. The van der Waals surface area contributed by atoms with Crippen molar-refractivity contribution in [1.82, 2.24) is 10.3 Å². The molecule has 1 aromatic heterocycles. The van der Waals surface area contributed by atoms with Crippen LogP contribution in [0.4, 0.5) is 4.39 Å². The van der Waals surface area contributed by atoms with E-state index in [1.165, 1.54) is 0 Å². The molecule has 1 aromatic rings. The van der Waals surface area contributed by atoms with Gasteiger partial charge in [-0.05, 0) is 19.4 Å². The zero-order valence-electron chi connectivity index (χ0n) is 11.7. The molecule has 0 bridgehead atoms. The van der Waals surface area contributed by atoms with Crippen LogP contribution in [0.3, 0.4) is 0 Å². The van der Waals surface area contributed by atoms with Crippen LogP contribution in [0, 0.1) is 11.2 Å². The summed E-state index contributed by atoms with van der Waals surface area (Å²) in [6, 6.07) is 1.07. The van der Waals surface area contributed by atoms with Crippen molar-refractivity contribution < 1.29 is 13.9 Å². The van der Waals surface area contributed by atoms with Crippen LogP contribution in [-0.4, -0.2) is 29.6 Å². The van der Waals surface area contributed by atoms with Gasteiger partial charge in [0.2, 0.25) is 0 Å². The second-order valence-corrected chi connectivity index (χ2v) is 5.88. The third-order valence-electron chi connectivity index (χ3n) is 3.90. The number of rotatable bonds is 4. The Labute approximate surface area is 122 Å². The van der Waals surface area contributed by atoms with E-state index in [-0.39, 0.29) is 28.3 Å². The van der Waals surface area contributed by atoms with E-state index in [2.05, 4.69) is 10.3 Å². The van der Waals surface area contributed by atoms with Crippen molar-refractivity contribution in [2.45, 2.75) is 39.3 Å². The number of nitrogens with zero attached hydrogens (tertiary/aromatic N) is 1. The minimum atomic E-state index is -0.584. The van der Waals surface area contributed by atoms with Gasteiger partial charge in [0.1, 0.15) is 11.0 Å². The van der Waals surface area contributed by atoms with Crippen molar-refractivity contribution in [3.05, 3.63) is 28.8 Å². The Kier molecular flexibility index (Phi) is 4.30. The van der Waals surface area contributed by atoms with E-state index in [1.807, 2.05) is 20.8 Å². The van der Waals surface area contributed by atoms with E-state index in [4.69, 9.17) is 16.3 Å². The predicted octanol–water partition coefficient (Wildman–Crippen LogP) is 2.81.